The van der Waals surface area contributed by atoms with E-state index in [1.165, 1.54) is 12.1 Å². The lowest BCUT2D eigenvalue weighted by atomic mass is 10.1. The molecule has 3 rings (SSSR count). The standard InChI is InChI=1S/C15H20N4O3S/c20-15(18-4-6-23-7-5-18)14-9-12(10-16-14)17-11-2-1-3-13(8-11)19(21)22/h1-3,8,12,14,16-17H,4-7,9-10H2/t12-,14-/m0/s1. The second-order valence-corrected chi connectivity index (χ2v) is 7.01. The van der Waals surface area contributed by atoms with Crippen molar-refractivity contribution in [3.05, 3.63) is 34.4 Å². The van der Waals surface area contributed by atoms with Crippen molar-refractivity contribution >= 4 is 29.0 Å². The lowest BCUT2D eigenvalue weighted by Crippen LogP contribution is -2.46. The lowest BCUT2D eigenvalue weighted by molar-refractivity contribution is -0.384. The van der Waals surface area contributed by atoms with E-state index in [1.807, 2.05) is 22.7 Å². The van der Waals surface area contributed by atoms with Crippen molar-refractivity contribution in [2.24, 2.45) is 0 Å². The molecule has 2 N–H and O–H groups in total. The van der Waals surface area contributed by atoms with Crippen LogP contribution in [-0.4, -0.2) is 59.0 Å². The maximum atomic E-state index is 12.5. The minimum absolute atomic E-state index is 0.0689. The molecule has 0 spiro atoms. The maximum Gasteiger partial charge on any atom is 0.271 e. The third-order valence-electron chi connectivity index (χ3n) is 4.18. The fourth-order valence-corrected chi connectivity index (χ4v) is 3.89. The Labute approximate surface area is 139 Å². The van der Waals surface area contributed by atoms with Crippen molar-refractivity contribution in [3.8, 4) is 0 Å². The molecule has 2 atom stereocenters. The summed E-state index contributed by atoms with van der Waals surface area (Å²) in [6.45, 7) is 2.33. The lowest BCUT2D eigenvalue weighted by Gasteiger charge is -2.28. The average molecular weight is 336 g/mol. The Morgan fingerprint density at radius 1 is 1.39 bits per heavy atom. The van der Waals surface area contributed by atoms with Gasteiger partial charge in [0, 0.05) is 55.0 Å². The minimum Gasteiger partial charge on any atom is -0.381 e. The number of carbonyl (C=O) groups excluding carboxylic acids is 1. The number of anilines is 1. The van der Waals surface area contributed by atoms with E-state index in [2.05, 4.69) is 10.6 Å². The maximum absolute atomic E-state index is 12.5. The van der Waals surface area contributed by atoms with E-state index in [1.54, 1.807) is 6.07 Å². The number of nitrogens with one attached hydrogen (secondary N) is 2. The van der Waals surface area contributed by atoms with Gasteiger partial charge < -0.3 is 15.5 Å². The fourth-order valence-electron chi connectivity index (χ4n) is 2.98. The number of hydrogen-bond acceptors (Lipinski definition) is 6. The molecular formula is C15H20N4O3S. The molecule has 0 aromatic heterocycles. The quantitative estimate of drug-likeness (QED) is 0.637. The first-order valence-electron chi connectivity index (χ1n) is 7.74. The number of carbonyl (C=O) groups is 1. The molecule has 0 saturated carbocycles. The van der Waals surface area contributed by atoms with Gasteiger partial charge in [0.05, 0.1) is 11.0 Å². The van der Waals surface area contributed by atoms with Crippen molar-refractivity contribution in [1.29, 1.82) is 0 Å². The number of hydrogen-bond donors (Lipinski definition) is 2. The minimum atomic E-state index is -0.404. The molecule has 0 unspecified atom stereocenters. The molecule has 2 aliphatic rings. The molecule has 2 heterocycles. The molecule has 1 aromatic rings. The normalized spacial score (nSPS) is 24.4. The highest BCUT2D eigenvalue weighted by Gasteiger charge is 2.32. The number of nitro groups is 1. The molecule has 2 fully saturated rings. The van der Waals surface area contributed by atoms with Gasteiger partial charge in [-0.25, -0.2) is 0 Å². The summed E-state index contributed by atoms with van der Waals surface area (Å²) < 4.78 is 0. The summed E-state index contributed by atoms with van der Waals surface area (Å²) in [7, 11) is 0. The van der Waals surface area contributed by atoms with Crippen LogP contribution in [0.5, 0.6) is 0 Å². The number of non-ortho nitro benzene ring substituents is 1. The summed E-state index contributed by atoms with van der Waals surface area (Å²) in [4.78, 5) is 24.8. The van der Waals surface area contributed by atoms with Gasteiger partial charge in [-0.3, -0.25) is 14.9 Å². The molecule has 2 aliphatic heterocycles. The van der Waals surface area contributed by atoms with E-state index in [9.17, 15) is 14.9 Å². The Hall–Kier alpha value is -1.80. The highest BCUT2D eigenvalue weighted by molar-refractivity contribution is 7.99. The van der Waals surface area contributed by atoms with Crippen LogP contribution in [0, 0.1) is 10.1 Å². The number of amides is 1. The zero-order valence-electron chi connectivity index (χ0n) is 12.7. The molecule has 7 nitrogen and oxygen atoms in total. The van der Waals surface area contributed by atoms with E-state index in [4.69, 9.17) is 0 Å². The molecule has 2 saturated heterocycles. The predicted octanol–water partition coefficient (Wildman–Crippen LogP) is 1.31. The number of rotatable bonds is 4. The van der Waals surface area contributed by atoms with Gasteiger partial charge in [0.25, 0.3) is 5.69 Å². The zero-order valence-corrected chi connectivity index (χ0v) is 13.6. The van der Waals surface area contributed by atoms with Crippen molar-refractivity contribution in [2.75, 3.05) is 36.5 Å². The third-order valence-corrected chi connectivity index (χ3v) is 5.12. The van der Waals surface area contributed by atoms with E-state index in [-0.39, 0.29) is 23.7 Å². The summed E-state index contributed by atoms with van der Waals surface area (Å²) in [6, 6.07) is 6.41. The summed E-state index contributed by atoms with van der Waals surface area (Å²) in [6.07, 6.45) is 0.700. The van der Waals surface area contributed by atoms with Crippen molar-refractivity contribution in [3.63, 3.8) is 0 Å². The molecule has 1 amide bonds. The smallest absolute Gasteiger partial charge is 0.271 e. The molecule has 0 aliphatic carbocycles. The molecule has 124 valence electrons. The van der Waals surface area contributed by atoms with Crippen LogP contribution < -0.4 is 10.6 Å². The predicted molar refractivity (Wildman–Crippen MR) is 90.8 cm³/mol. The van der Waals surface area contributed by atoms with Crippen LogP contribution in [0.2, 0.25) is 0 Å². The van der Waals surface area contributed by atoms with Crippen molar-refractivity contribution < 1.29 is 9.72 Å². The van der Waals surface area contributed by atoms with Gasteiger partial charge >= 0.3 is 0 Å². The number of benzene rings is 1. The highest BCUT2D eigenvalue weighted by Crippen LogP contribution is 2.21. The van der Waals surface area contributed by atoms with Gasteiger partial charge in [0.1, 0.15) is 0 Å². The van der Waals surface area contributed by atoms with E-state index in [0.29, 0.717) is 18.7 Å². The van der Waals surface area contributed by atoms with Gasteiger partial charge in [0.2, 0.25) is 5.91 Å². The van der Waals surface area contributed by atoms with Crippen LogP contribution in [-0.2, 0) is 4.79 Å². The van der Waals surface area contributed by atoms with Crippen LogP contribution in [0.3, 0.4) is 0 Å². The summed E-state index contributed by atoms with van der Waals surface area (Å²) in [5.41, 5.74) is 0.785. The summed E-state index contributed by atoms with van der Waals surface area (Å²) in [5, 5.41) is 17.4. The second-order valence-electron chi connectivity index (χ2n) is 5.78. The van der Waals surface area contributed by atoms with Gasteiger partial charge in [-0.15, -0.1) is 0 Å². The largest absolute Gasteiger partial charge is 0.381 e. The molecule has 0 radical (unpaired) electrons. The monoisotopic (exact) mass is 336 g/mol. The highest BCUT2D eigenvalue weighted by atomic mass is 32.2. The van der Waals surface area contributed by atoms with Crippen LogP contribution in [0.1, 0.15) is 6.42 Å². The molecule has 1 aromatic carbocycles. The van der Waals surface area contributed by atoms with Gasteiger partial charge in [-0.1, -0.05) is 6.07 Å². The van der Waals surface area contributed by atoms with Crippen molar-refractivity contribution in [2.45, 2.75) is 18.5 Å². The van der Waals surface area contributed by atoms with Crippen LogP contribution in [0.4, 0.5) is 11.4 Å². The summed E-state index contributed by atoms with van der Waals surface area (Å²) in [5.74, 6) is 2.19. The van der Waals surface area contributed by atoms with Gasteiger partial charge in [-0.05, 0) is 12.5 Å². The Bertz CT molecular complexity index is 592. The molecule has 8 heteroatoms. The van der Waals surface area contributed by atoms with Crippen LogP contribution in [0.15, 0.2) is 24.3 Å². The first-order chi connectivity index (χ1) is 11.1. The SMILES string of the molecule is O=C([C@@H]1C[C@H](Nc2cccc([N+](=O)[O-])c2)CN1)N1CCSCC1. The number of nitro benzene ring substituents is 1. The van der Waals surface area contributed by atoms with Gasteiger partial charge in [-0.2, -0.15) is 11.8 Å². The number of nitrogens with zero attached hydrogens (tertiary/aromatic N) is 2. The Kier molecular flexibility index (Phi) is 5.02. The zero-order chi connectivity index (χ0) is 16.2. The Morgan fingerprint density at radius 3 is 2.91 bits per heavy atom. The topological polar surface area (TPSA) is 87.5 Å². The fraction of sp³-hybridized carbons (Fsp3) is 0.533. The third kappa shape index (κ3) is 3.94. The molecule has 23 heavy (non-hydrogen) atoms. The first kappa shape index (κ1) is 16.1. The van der Waals surface area contributed by atoms with Crippen LogP contribution >= 0.6 is 11.8 Å². The van der Waals surface area contributed by atoms with E-state index in [0.717, 1.165) is 24.6 Å². The van der Waals surface area contributed by atoms with E-state index >= 15 is 0 Å². The van der Waals surface area contributed by atoms with Crippen molar-refractivity contribution in [1.82, 2.24) is 10.2 Å². The second kappa shape index (κ2) is 7.18. The first-order valence-corrected chi connectivity index (χ1v) is 8.90. The Morgan fingerprint density at radius 2 is 2.17 bits per heavy atom. The van der Waals surface area contributed by atoms with Gasteiger partial charge in [0.15, 0.2) is 0 Å². The summed E-state index contributed by atoms with van der Waals surface area (Å²) >= 11 is 1.88. The van der Waals surface area contributed by atoms with E-state index < -0.39 is 4.92 Å². The molecular weight excluding hydrogens is 316 g/mol. The molecule has 0 bridgehead atoms. The average Bonchev–Trinajstić information content (AvgIpc) is 3.03. The Balaban J connectivity index is 1.56. The number of thioether (sulfide) groups is 1. The van der Waals surface area contributed by atoms with Crippen LogP contribution in [0.25, 0.3) is 0 Å².